The first kappa shape index (κ1) is 18.0. The minimum Gasteiger partial charge on any atom is -0.352 e. The smallest absolute Gasteiger partial charge is 0.160 e. The molecule has 1 heterocycles. The molecule has 0 atom stereocenters. The lowest BCUT2D eigenvalue weighted by molar-refractivity contribution is -0.217. The van der Waals surface area contributed by atoms with Gasteiger partial charge in [-0.3, -0.25) is 0 Å². The van der Waals surface area contributed by atoms with Gasteiger partial charge in [-0.05, 0) is 49.1 Å². The zero-order valence-electron chi connectivity index (χ0n) is 14.6. The Bertz CT molecular complexity index is 509. The summed E-state index contributed by atoms with van der Waals surface area (Å²) in [5, 5.41) is 0. The van der Waals surface area contributed by atoms with Crippen LogP contribution in [0, 0.1) is 11.8 Å². The summed E-state index contributed by atoms with van der Waals surface area (Å²) >= 11 is 5.69. The van der Waals surface area contributed by atoms with Crippen molar-refractivity contribution in [2.45, 2.75) is 57.7 Å². The van der Waals surface area contributed by atoms with Gasteiger partial charge in [-0.25, -0.2) is 0 Å². The second kappa shape index (κ2) is 9.03. The van der Waals surface area contributed by atoms with Crippen molar-refractivity contribution in [3.63, 3.8) is 0 Å². The molecule has 0 amide bonds. The first-order chi connectivity index (χ1) is 11.8. The number of halogens is 1. The Morgan fingerprint density at radius 3 is 2.29 bits per heavy atom. The van der Waals surface area contributed by atoms with E-state index in [9.17, 15) is 0 Å². The monoisotopic (exact) mass is 348 g/mol. The molecule has 0 bridgehead atoms. The van der Waals surface area contributed by atoms with Crippen LogP contribution in [0.3, 0.4) is 0 Å². The molecule has 0 unspecified atom stereocenters. The Labute approximate surface area is 151 Å². The van der Waals surface area contributed by atoms with Crippen molar-refractivity contribution in [1.29, 1.82) is 0 Å². The van der Waals surface area contributed by atoms with Gasteiger partial charge >= 0.3 is 0 Å². The summed E-state index contributed by atoms with van der Waals surface area (Å²) in [6.07, 6.45) is 9.19. The lowest BCUT2D eigenvalue weighted by atomic mass is 9.81. The van der Waals surface area contributed by atoms with Crippen molar-refractivity contribution >= 4 is 11.6 Å². The van der Waals surface area contributed by atoms with Crippen molar-refractivity contribution in [2.75, 3.05) is 13.2 Å². The predicted octanol–water partition coefficient (Wildman–Crippen LogP) is 5.65. The summed E-state index contributed by atoms with van der Waals surface area (Å²) < 4.78 is 12.2. The summed E-state index contributed by atoms with van der Waals surface area (Å²) in [5.74, 6) is 1.54. The summed E-state index contributed by atoms with van der Waals surface area (Å²) in [7, 11) is 0. The highest BCUT2D eigenvalue weighted by Gasteiger charge is 2.32. The zero-order valence-corrected chi connectivity index (χ0v) is 15.4. The van der Waals surface area contributed by atoms with Gasteiger partial charge in [0.25, 0.3) is 0 Å². The van der Waals surface area contributed by atoms with E-state index in [-0.39, 0.29) is 6.29 Å². The normalized spacial score (nSPS) is 31.4. The van der Waals surface area contributed by atoms with Crippen LogP contribution in [0.25, 0.3) is 0 Å². The molecule has 1 saturated heterocycles. The third-order valence-electron chi connectivity index (χ3n) is 5.46. The van der Waals surface area contributed by atoms with Crippen LogP contribution in [-0.2, 0) is 15.9 Å². The van der Waals surface area contributed by atoms with Crippen molar-refractivity contribution in [1.82, 2.24) is 0 Å². The molecule has 132 valence electrons. The van der Waals surface area contributed by atoms with E-state index in [4.69, 9.17) is 21.1 Å². The number of allylic oxidation sites excluding steroid dienone is 1. The molecule has 2 nitrogen and oxygen atoms in total. The van der Waals surface area contributed by atoms with Gasteiger partial charge in [-0.2, -0.15) is 0 Å². The standard InChI is InChI=1S/C21H29ClO2/c1-2-3-16-4-8-18(9-5-16)20-14-23-21(24-15-20)19-10-6-17(7-11-19)12-13-22/h4-5,8-9,12-13,17,19-21H,2-3,6-7,10-11,14-15H2,1H3/b13-12+/t17-,19-,20-,21-. The number of hydrogen-bond donors (Lipinski definition) is 0. The highest BCUT2D eigenvalue weighted by atomic mass is 35.5. The molecule has 2 aliphatic rings. The summed E-state index contributed by atoms with van der Waals surface area (Å²) in [6, 6.07) is 8.98. The Balaban J connectivity index is 1.47. The van der Waals surface area contributed by atoms with Gasteiger partial charge in [0.05, 0.1) is 13.2 Å². The number of aryl methyl sites for hydroxylation is 1. The van der Waals surface area contributed by atoms with Crippen molar-refractivity contribution in [2.24, 2.45) is 11.8 Å². The molecule has 1 saturated carbocycles. The van der Waals surface area contributed by atoms with Gasteiger partial charge in [0.2, 0.25) is 0 Å². The Hall–Kier alpha value is -0.830. The molecule has 0 radical (unpaired) electrons. The number of rotatable bonds is 5. The fraction of sp³-hybridized carbons (Fsp3) is 0.619. The molecule has 0 N–H and O–H groups in total. The van der Waals surface area contributed by atoms with Gasteiger partial charge in [0.15, 0.2) is 6.29 Å². The second-order valence-electron chi connectivity index (χ2n) is 7.22. The molecule has 1 aromatic rings. The van der Waals surface area contributed by atoms with Gasteiger partial charge in [-0.1, -0.05) is 55.3 Å². The molecule has 1 aromatic carbocycles. The van der Waals surface area contributed by atoms with Crippen molar-refractivity contribution in [3.8, 4) is 0 Å². The minimum atomic E-state index is -0.0125. The lowest BCUT2D eigenvalue weighted by Crippen LogP contribution is -2.37. The van der Waals surface area contributed by atoms with E-state index in [1.807, 2.05) is 0 Å². The molecular weight excluding hydrogens is 320 g/mol. The Morgan fingerprint density at radius 1 is 1.04 bits per heavy atom. The van der Waals surface area contributed by atoms with Crippen LogP contribution >= 0.6 is 11.6 Å². The van der Waals surface area contributed by atoms with Crippen LogP contribution in [-0.4, -0.2) is 19.5 Å². The van der Waals surface area contributed by atoms with E-state index >= 15 is 0 Å². The molecular formula is C21H29ClO2. The molecule has 3 heteroatoms. The van der Waals surface area contributed by atoms with E-state index in [0.717, 1.165) is 19.6 Å². The van der Waals surface area contributed by atoms with Gasteiger partial charge in [-0.15, -0.1) is 0 Å². The molecule has 0 aromatic heterocycles. The largest absolute Gasteiger partial charge is 0.352 e. The van der Waals surface area contributed by atoms with Crippen LogP contribution < -0.4 is 0 Å². The molecule has 2 fully saturated rings. The number of hydrogen-bond acceptors (Lipinski definition) is 2. The van der Waals surface area contributed by atoms with Crippen molar-refractivity contribution in [3.05, 3.63) is 47.0 Å². The van der Waals surface area contributed by atoms with E-state index in [2.05, 4.69) is 37.3 Å². The van der Waals surface area contributed by atoms with Crippen LogP contribution in [0.4, 0.5) is 0 Å². The topological polar surface area (TPSA) is 18.5 Å². The fourth-order valence-electron chi connectivity index (χ4n) is 3.94. The third kappa shape index (κ3) is 4.62. The van der Waals surface area contributed by atoms with E-state index in [1.165, 1.54) is 43.2 Å². The SMILES string of the molecule is CCCc1ccc([C@H]2CO[C@H]([C@H]3CC[C@H](/C=C/Cl)CC3)OC2)cc1. The molecule has 3 rings (SSSR count). The number of benzene rings is 1. The van der Waals surface area contributed by atoms with Gasteiger partial charge < -0.3 is 9.47 Å². The average molecular weight is 349 g/mol. The van der Waals surface area contributed by atoms with Gasteiger partial charge in [0, 0.05) is 17.4 Å². The van der Waals surface area contributed by atoms with Crippen molar-refractivity contribution < 1.29 is 9.47 Å². The summed E-state index contributed by atoms with van der Waals surface area (Å²) in [5.41, 5.74) is 4.42. The maximum Gasteiger partial charge on any atom is 0.160 e. The highest BCUT2D eigenvalue weighted by molar-refractivity contribution is 6.25. The molecule has 0 spiro atoms. The average Bonchev–Trinajstić information content (AvgIpc) is 2.64. The predicted molar refractivity (Wildman–Crippen MR) is 99.3 cm³/mol. The Morgan fingerprint density at radius 2 is 1.71 bits per heavy atom. The van der Waals surface area contributed by atoms with Crippen LogP contribution in [0.2, 0.25) is 0 Å². The quantitative estimate of drug-likeness (QED) is 0.684. The van der Waals surface area contributed by atoms with E-state index in [1.54, 1.807) is 5.54 Å². The molecule has 24 heavy (non-hydrogen) atoms. The Kier molecular flexibility index (Phi) is 6.76. The van der Waals surface area contributed by atoms with E-state index in [0.29, 0.717) is 17.8 Å². The maximum atomic E-state index is 6.09. The van der Waals surface area contributed by atoms with Crippen LogP contribution in [0.15, 0.2) is 35.9 Å². The maximum absolute atomic E-state index is 6.09. The fourth-order valence-corrected chi connectivity index (χ4v) is 4.15. The van der Waals surface area contributed by atoms with E-state index < -0.39 is 0 Å². The highest BCUT2D eigenvalue weighted by Crippen LogP contribution is 2.35. The first-order valence-corrected chi connectivity index (χ1v) is 9.82. The summed E-state index contributed by atoms with van der Waals surface area (Å²) in [4.78, 5) is 0. The van der Waals surface area contributed by atoms with Gasteiger partial charge in [0.1, 0.15) is 0 Å². The molecule has 1 aliphatic heterocycles. The summed E-state index contributed by atoms with van der Waals surface area (Å²) in [6.45, 7) is 3.77. The van der Waals surface area contributed by atoms with Crippen LogP contribution in [0.1, 0.15) is 56.1 Å². The minimum absolute atomic E-state index is 0.0125. The first-order valence-electron chi connectivity index (χ1n) is 9.39. The zero-order chi connectivity index (χ0) is 16.8. The lowest BCUT2D eigenvalue weighted by Gasteiger charge is -2.37. The second-order valence-corrected chi connectivity index (χ2v) is 7.47. The third-order valence-corrected chi connectivity index (χ3v) is 5.60. The van der Waals surface area contributed by atoms with Crippen LogP contribution in [0.5, 0.6) is 0 Å². The number of ether oxygens (including phenoxy) is 2. The molecule has 1 aliphatic carbocycles.